The lowest BCUT2D eigenvalue weighted by Crippen LogP contribution is -2.19. The molecule has 1 aromatic rings. The molecule has 1 aromatic carbocycles. The van der Waals surface area contributed by atoms with E-state index in [2.05, 4.69) is 5.32 Å². The molecule has 0 aromatic heterocycles. The Kier molecular flexibility index (Phi) is 3.08. The first-order valence-electron chi connectivity index (χ1n) is 5.49. The van der Waals surface area contributed by atoms with Gasteiger partial charge >= 0.3 is 0 Å². The van der Waals surface area contributed by atoms with Gasteiger partial charge in [-0.25, -0.2) is 4.39 Å². The van der Waals surface area contributed by atoms with Gasteiger partial charge in [0.05, 0.1) is 5.69 Å². The van der Waals surface area contributed by atoms with Crippen LogP contribution in [-0.2, 0) is 4.79 Å². The van der Waals surface area contributed by atoms with Crippen LogP contribution in [0, 0.1) is 5.82 Å². The molecule has 1 fully saturated rings. The van der Waals surface area contributed by atoms with Crippen molar-refractivity contribution < 1.29 is 9.18 Å². The van der Waals surface area contributed by atoms with Crippen LogP contribution in [0.5, 0.6) is 0 Å². The number of hydrogen-bond acceptors (Lipinski definition) is 2. The summed E-state index contributed by atoms with van der Waals surface area (Å²) in [5.41, 5.74) is 1.24. The van der Waals surface area contributed by atoms with Crippen molar-refractivity contribution in [3.8, 4) is 0 Å². The van der Waals surface area contributed by atoms with E-state index < -0.39 is 0 Å². The van der Waals surface area contributed by atoms with Crippen LogP contribution in [0.3, 0.4) is 0 Å². The van der Waals surface area contributed by atoms with Gasteiger partial charge in [0.2, 0.25) is 5.91 Å². The summed E-state index contributed by atoms with van der Waals surface area (Å²) < 4.78 is 13.6. The maximum Gasteiger partial charge on any atom is 0.221 e. The largest absolute Gasteiger partial charge is 0.369 e. The minimum atomic E-state index is -0.226. The Hall–Kier alpha value is -1.58. The first-order chi connectivity index (χ1) is 7.66. The van der Waals surface area contributed by atoms with E-state index in [9.17, 15) is 9.18 Å². The van der Waals surface area contributed by atoms with Gasteiger partial charge in [-0.1, -0.05) is 0 Å². The van der Waals surface area contributed by atoms with Gasteiger partial charge in [-0.2, -0.15) is 0 Å². The van der Waals surface area contributed by atoms with Gasteiger partial charge in [-0.15, -0.1) is 0 Å². The average Bonchev–Trinajstić information content (AvgIpc) is 2.73. The van der Waals surface area contributed by atoms with Gasteiger partial charge in [0.25, 0.3) is 0 Å². The minimum Gasteiger partial charge on any atom is -0.369 e. The molecule has 86 valence electrons. The van der Waals surface area contributed by atoms with E-state index in [0.717, 1.165) is 25.9 Å². The monoisotopic (exact) mass is 222 g/mol. The molecule has 0 radical (unpaired) electrons. The number of carbonyl (C=O) groups is 1. The third-order valence-electron chi connectivity index (χ3n) is 2.71. The van der Waals surface area contributed by atoms with Crippen molar-refractivity contribution >= 4 is 17.3 Å². The Morgan fingerprint density at radius 2 is 2.06 bits per heavy atom. The minimum absolute atomic E-state index is 0.140. The molecule has 1 heterocycles. The summed E-state index contributed by atoms with van der Waals surface area (Å²) in [7, 11) is 0. The van der Waals surface area contributed by atoms with Crippen molar-refractivity contribution in [2.45, 2.75) is 19.8 Å². The summed E-state index contributed by atoms with van der Waals surface area (Å²) >= 11 is 0. The molecule has 16 heavy (non-hydrogen) atoms. The van der Waals surface area contributed by atoms with E-state index in [1.54, 1.807) is 12.1 Å². The molecule has 0 aliphatic carbocycles. The van der Waals surface area contributed by atoms with E-state index >= 15 is 0 Å². The lowest BCUT2D eigenvalue weighted by atomic mass is 10.2. The van der Waals surface area contributed by atoms with E-state index in [0.29, 0.717) is 11.4 Å². The molecule has 0 unspecified atom stereocenters. The molecule has 0 spiro atoms. The van der Waals surface area contributed by atoms with Gasteiger partial charge in [0.15, 0.2) is 0 Å². The second-order valence-corrected chi connectivity index (χ2v) is 4.04. The zero-order valence-corrected chi connectivity index (χ0v) is 9.29. The van der Waals surface area contributed by atoms with Crippen molar-refractivity contribution in [2.75, 3.05) is 23.3 Å². The molecule has 0 atom stereocenters. The number of anilines is 2. The van der Waals surface area contributed by atoms with Crippen molar-refractivity contribution in [3.05, 3.63) is 24.0 Å². The standard InChI is InChI=1S/C12H15FN2O/c1-9(16)14-10-4-5-11(13)12(8-10)15-6-2-3-7-15/h4-5,8H,2-3,6-7H2,1H3,(H,14,16). The molecule has 1 amide bonds. The highest BCUT2D eigenvalue weighted by Crippen LogP contribution is 2.26. The highest BCUT2D eigenvalue weighted by atomic mass is 19.1. The SMILES string of the molecule is CC(=O)Nc1ccc(F)c(N2CCCC2)c1. The summed E-state index contributed by atoms with van der Waals surface area (Å²) in [5.74, 6) is -0.366. The Labute approximate surface area is 94.3 Å². The van der Waals surface area contributed by atoms with E-state index in [4.69, 9.17) is 0 Å². The molecule has 4 heteroatoms. The summed E-state index contributed by atoms with van der Waals surface area (Å²) in [6.07, 6.45) is 2.20. The normalized spacial score (nSPS) is 15.2. The van der Waals surface area contributed by atoms with Gasteiger partial charge < -0.3 is 10.2 Å². The zero-order valence-electron chi connectivity index (χ0n) is 9.29. The second-order valence-electron chi connectivity index (χ2n) is 4.04. The van der Waals surface area contributed by atoms with Crippen LogP contribution in [-0.4, -0.2) is 19.0 Å². The third kappa shape index (κ3) is 2.32. The molecule has 2 rings (SSSR count). The number of nitrogens with zero attached hydrogens (tertiary/aromatic N) is 1. The second kappa shape index (κ2) is 4.51. The van der Waals surface area contributed by atoms with Crippen LogP contribution in [0.2, 0.25) is 0 Å². The smallest absolute Gasteiger partial charge is 0.221 e. The summed E-state index contributed by atoms with van der Waals surface area (Å²) in [6.45, 7) is 3.22. The number of rotatable bonds is 2. The predicted octanol–water partition coefficient (Wildman–Crippen LogP) is 2.38. The number of halogens is 1. The Morgan fingerprint density at radius 1 is 1.38 bits per heavy atom. The quantitative estimate of drug-likeness (QED) is 0.833. The Morgan fingerprint density at radius 3 is 2.69 bits per heavy atom. The van der Waals surface area contributed by atoms with E-state index in [-0.39, 0.29) is 11.7 Å². The molecule has 3 nitrogen and oxygen atoms in total. The first kappa shape index (κ1) is 10.9. The highest BCUT2D eigenvalue weighted by Gasteiger charge is 2.16. The van der Waals surface area contributed by atoms with E-state index in [1.165, 1.54) is 13.0 Å². The van der Waals surface area contributed by atoms with Gasteiger partial charge in [-0.3, -0.25) is 4.79 Å². The third-order valence-corrected chi connectivity index (χ3v) is 2.71. The van der Waals surface area contributed by atoms with Crippen LogP contribution >= 0.6 is 0 Å². The predicted molar refractivity (Wildman–Crippen MR) is 62.2 cm³/mol. The molecular weight excluding hydrogens is 207 g/mol. The van der Waals surface area contributed by atoms with Crippen LogP contribution < -0.4 is 10.2 Å². The molecule has 1 saturated heterocycles. The fourth-order valence-electron chi connectivity index (χ4n) is 1.99. The lowest BCUT2D eigenvalue weighted by Gasteiger charge is -2.19. The first-order valence-corrected chi connectivity index (χ1v) is 5.49. The topological polar surface area (TPSA) is 32.3 Å². The van der Waals surface area contributed by atoms with Crippen molar-refractivity contribution in [3.63, 3.8) is 0 Å². The average molecular weight is 222 g/mol. The summed E-state index contributed by atoms with van der Waals surface area (Å²) in [6, 6.07) is 4.68. The fourth-order valence-corrected chi connectivity index (χ4v) is 1.99. The van der Waals surface area contributed by atoms with Crippen LogP contribution in [0.4, 0.5) is 15.8 Å². The summed E-state index contributed by atoms with van der Waals surface area (Å²) in [5, 5.41) is 2.66. The summed E-state index contributed by atoms with van der Waals surface area (Å²) in [4.78, 5) is 12.9. The fraction of sp³-hybridized carbons (Fsp3) is 0.417. The van der Waals surface area contributed by atoms with Gasteiger partial charge in [0, 0.05) is 25.7 Å². The molecule has 1 aliphatic rings. The van der Waals surface area contributed by atoms with Crippen molar-refractivity contribution in [2.24, 2.45) is 0 Å². The maximum atomic E-state index is 13.6. The number of nitrogens with one attached hydrogen (secondary N) is 1. The van der Waals surface area contributed by atoms with Crippen molar-refractivity contribution in [1.82, 2.24) is 0 Å². The Bertz CT molecular complexity index is 400. The number of amides is 1. The van der Waals surface area contributed by atoms with Crippen LogP contribution in [0.25, 0.3) is 0 Å². The molecular formula is C12H15FN2O. The maximum absolute atomic E-state index is 13.6. The number of carbonyl (C=O) groups excluding carboxylic acids is 1. The Balaban J connectivity index is 2.24. The zero-order chi connectivity index (χ0) is 11.5. The van der Waals surface area contributed by atoms with Crippen LogP contribution in [0.1, 0.15) is 19.8 Å². The molecule has 1 aliphatic heterocycles. The number of benzene rings is 1. The lowest BCUT2D eigenvalue weighted by molar-refractivity contribution is -0.114. The highest BCUT2D eigenvalue weighted by molar-refractivity contribution is 5.89. The molecule has 0 bridgehead atoms. The van der Waals surface area contributed by atoms with Crippen LogP contribution in [0.15, 0.2) is 18.2 Å². The van der Waals surface area contributed by atoms with Gasteiger partial charge in [-0.05, 0) is 31.0 Å². The molecule has 1 N–H and O–H groups in total. The molecule has 0 saturated carbocycles. The van der Waals surface area contributed by atoms with Crippen molar-refractivity contribution in [1.29, 1.82) is 0 Å². The van der Waals surface area contributed by atoms with E-state index in [1.807, 2.05) is 4.90 Å². The number of hydrogen-bond donors (Lipinski definition) is 1. The van der Waals surface area contributed by atoms with Gasteiger partial charge in [0.1, 0.15) is 5.82 Å².